The Kier molecular flexibility index (Phi) is 25.5. The van der Waals surface area contributed by atoms with Crippen LogP contribution < -0.4 is 0 Å². The van der Waals surface area contributed by atoms with Gasteiger partial charge in [0, 0.05) is 0 Å². The summed E-state index contributed by atoms with van der Waals surface area (Å²) in [6, 6.07) is -1.55. The number of carbonyl (C=O) groups excluding carboxylic acids is 1. The van der Waals surface area contributed by atoms with Crippen LogP contribution in [0.3, 0.4) is 0 Å². The number of nitrogens with zero attached hydrogens (tertiary/aromatic N) is 1. The maximum Gasteiger partial charge on any atom is 0.341 e. The third-order valence-corrected chi connectivity index (χ3v) is 8.67. The van der Waals surface area contributed by atoms with Gasteiger partial charge < -0.3 is 0 Å². The van der Waals surface area contributed by atoms with Gasteiger partial charge in [0.1, 0.15) is 0 Å². The van der Waals surface area contributed by atoms with Gasteiger partial charge >= 0.3 is 6.00 Å². The molecule has 0 aromatic carbocycles. The zero-order chi connectivity index (χ0) is 22.9. The van der Waals surface area contributed by atoms with Crippen molar-refractivity contribution in [2.75, 3.05) is 6.54 Å². The molecule has 0 fully saturated rings. The molecule has 0 spiro atoms. The van der Waals surface area contributed by atoms with Crippen LogP contribution in [-0.2, 0) is 4.79 Å². The molecule has 0 rings (SSSR count). The molecule has 2 nitrogen and oxygen atoms in total. The Morgan fingerprint density at radius 2 is 0.710 bits per heavy atom. The fraction of sp³-hybridized carbons (Fsp3) is 0.960. The maximum absolute atomic E-state index is 9.95. The number of unbranched alkanes of at least 4 members (excludes halogenated alkanes) is 21. The first-order valence-electron chi connectivity index (χ1n) is 13.2. The minimum Gasteiger partial charge on any atom is -0.211 e. The van der Waals surface area contributed by atoms with Crippen molar-refractivity contribution in [3.8, 4) is 0 Å². The van der Waals surface area contributed by atoms with Gasteiger partial charge in [0.25, 0.3) is 0 Å². The number of halogens is 3. The summed E-state index contributed by atoms with van der Waals surface area (Å²) < 4.78 is 0. The van der Waals surface area contributed by atoms with Gasteiger partial charge in [-0.2, -0.15) is 0 Å². The van der Waals surface area contributed by atoms with Crippen molar-refractivity contribution in [2.24, 2.45) is 4.99 Å². The lowest BCUT2D eigenvalue weighted by Gasteiger charge is -2.07. The molecule has 0 aliphatic carbocycles. The maximum atomic E-state index is 9.95. The zero-order valence-corrected chi connectivity index (χ0v) is 23.2. The van der Waals surface area contributed by atoms with E-state index in [9.17, 15) is 4.79 Å². The average molecular weight is 513 g/mol. The van der Waals surface area contributed by atoms with Crippen molar-refractivity contribution in [3.05, 3.63) is 0 Å². The highest BCUT2D eigenvalue weighted by Gasteiger charge is 2.23. The Labute approximate surface area is 208 Å². The molecule has 0 aromatic heterocycles. The van der Waals surface area contributed by atoms with Gasteiger partial charge in [0.15, 0.2) is 0 Å². The highest BCUT2D eigenvalue weighted by molar-refractivity contribution is 7.64. The molecule has 0 aromatic rings. The Morgan fingerprint density at radius 3 is 0.968 bits per heavy atom. The fourth-order valence-electron chi connectivity index (χ4n) is 4.10. The number of hydrogen-bond acceptors (Lipinski definition) is 2. The first-order valence-corrected chi connectivity index (χ1v) is 18.4. The first kappa shape index (κ1) is 31.5. The molecular formula is C25H48Cl3NOSi. The molecule has 0 amide bonds. The molecule has 31 heavy (non-hydrogen) atoms. The molecule has 184 valence electrons. The van der Waals surface area contributed by atoms with E-state index in [1.54, 1.807) is 6.08 Å². The Hall–Kier alpha value is 0.467. The summed E-state index contributed by atoms with van der Waals surface area (Å²) in [5.41, 5.74) is 0. The predicted octanol–water partition coefficient (Wildman–Crippen LogP) is 10.6. The summed E-state index contributed by atoms with van der Waals surface area (Å²) >= 11 is 17.7. The lowest BCUT2D eigenvalue weighted by molar-refractivity contribution is 0.519. The number of rotatable bonds is 25. The summed E-state index contributed by atoms with van der Waals surface area (Å²) in [6.07, 6.45) is 31.2. The van der Waals surface area contributed by atoms with Crippen LogP contribution >= 0.6 is 33.2 Å². The molecule has 0 unspecified atom stereocenters. The van der Waals surface area contributed by atoms with Crippen molar-refractivity contribution < 1.29 is 4.79 Å². The molecule has 0 N–H and O–H groups in total. The Morgan fingerprint density at radius 1 is 0.452 bits per heavy atom. The van der Waals surface area contributed by atoms with E-state index in [2.05, 4.69) is 4.99 Å². The van der Waals surface area contributed by atoms with E-state index < -0.39 is 6.00 Å². The van der Waals surface area contributed by atoms with Crippen LogP contribution in [0.25, 0.3) is 0 Å². The topological polar surface area (TPSA) is 29.4 Å². The molecule has 0 radical (unpaired) electrons. The van der Waals surface area contributed by atoms with Crippen LogP contribution in [0.2, 0.25) is 6.04 Å². The van der Waals surface area contributed by atoms with Gasteiger partial charge in [-0.3, -0.25) is 0 Å². The summed E-state index contributed by atoms with van der Waals surface area (Å²) in [7, 11) is 0. The Balaban J connectivity index is 3.04. The monoisotopic (exact) mass is 511 g/mol. The van der Waals surface area contributed by atoms with Crippen LogP contribution in [0.15, 0.2) is 4.99 Å². The molecule has 0 bridgehead atoms. The smallest absolute Gasteiger partial charge is 0.211 e. The summed E-state index contributed by atoms with van der Waals surface area (Å²) in [6.45, 7) is 0.660. The first-order chi connectivity index (χ1) is 15.1. The lowest BCUT2D eigenvalue weighted by Crippen LogP contribution is -2.07. The van der Waals surface area contributed by atoms with E-state index in [1.807, 2.05) is 0 Å². The van der Waals surface area contributed by atoms with Crippen molar-refractivity contribution in [1.29, 1.82) is 0 Å². The predicted molar refractivity (Wildman–Crippen MR) is 143 cm³/mol. The minimum absolute atomic E-state index is 0.660. The molecule has 6 heteroatoms. The van der Waals surface area contributed by atoms with E-state index in [-0.39, 0.29) is 0 Å². The summed E-state index contributed by atoms with van der Waals surface area (Å²) in [4.78, 5) is 13.5. The SMILES string of the molecule is O=C=NCCCCCCCCCCCCCCCCCCCCCCCC[Si](Cl)(Cl)Cl. The van der Waals surface area contributed by atoms with Gasteiger partial charge in [-0.25, -0.2) is 9.79 Å². The van der Waals surface area contributed by atoms with Gasteiger partial charge in [0.05, 0.1) is 6.54 Å². The van der Waals surface area contributed by atoms with Crippen molar-refractivity contribution >= 4 is 45.3 Å². The molecule has 0 atom stereocenters. The molecule has 0 aliphatic rings. The number of isocyanates is 1. The van der Waals surface area contributed by atoms with Gasteiger partial charge in [-0.15, -0.1) is 33.2 Å². The van der Waals surface area contributed by atoms with Crippen LogP contribution in [0.4, 0.5) is 0 Å². The van der Waals surface area contributed by atoms with Gasteiger partial charge in [-0.1, -0.05) is 135 Å². The van der Waals surface area contributed by atoms with Crippen molar-refractivity contribution in [1.82, 2.24) is 0 Å². The minimum atomic E-state index is -2.37. The van der Waals surface area contributed by atoms with E-state index >= 15 is 0 Å². The summed E-state index contributed by atoms with van der Waals surface area (Å²) in [5, 5.41) is 0. The van der Waals surface area contributed by atoms with Crippen LogP contribution in [0, 0.1) is 0 Å². The van der Waals surface area contributed by atoms with Crippen molar-refractivity contribution in [3.63, 3.8) is 0 Å². The largest absolute Gasteiger partial charge is 0.341 e. The zero-order valence-electron chi connectivity index (χ0n) is 20.0. The fourth-order valence-corrected chi connectivity index (χ4v) is 5.95. The number of aliphatic imine (C=N–C) groups is 1. The second-order valence-corrected chi connectivity index (χ2v) is 18.4. The van der Waals surface area contributed by atoms with Gasteiger partial charge in [0.2, 0.25) is 6.08 Å². The van der Waals surface area contributed by atoms with Crippen LogP contribution in [-0.4, -0.2) is 18.6 Å². The number of hydrogen-bond donors (Lipinski definition) is 0. The van der Waals surface area contributed by atoms with E-state index in [0.717, 1.165) is 18.9 Å². The third-order valence-electron chi connectivity index (χ3n) is 6.04. The molecular weight excluding hydrogens is 465 g/mol. The van der Waals surface area contributed by atoms with Crippen molar-refractivity contribution in [2.45, 2.75) is 147 Å². The second-order valence-electron chi connectivity index (χ2n) is 9.12. The highest BCUT2D eigenvalue weighted by atomic mass is 35.8. The van der Waals surface area contributed by atoms with Gasteiger partial charge in [-0.05, 0) is 12.5 Å². The molecule has 0 heterocycles. The van der Waals surface area contributed by atoms with E-state index in [1.165, 1.54) is 128 Å². The molecule has 0 saturated carbocycles. The van der Waals surface area contributed by atoms with E-state index in [0.29, 0.717) is 6.54 Å². The van der Waals surface area contributed by atoms with Crippen LogP contribution in [0.5, 0.6) is 0 Å². The molecule has 0 saturated heterocycles. The van der Waals surface area contributed by atoms with Crippen LogP contribution in [0.1, 0.15) is 141 Å². The average Bonchev–Trinajstić information content (AvgIpc) is 2.73. The third kappa shape index (κ3) is 30.5. The summed E-state index contributed by atoms with van der Waals surface area (Å²) in [5.74, 6) is 0. The van der Waals surface area contributed by atoms with E-state index in [4.69, 9.17) is 33.2 Å². The quantitative estimate of drug-likeness (QED) is 0.0393. The standard InChI is InChI=1S/C25H48Cl3NOSi/c26-31(27,28)24-22-20-18-16-14-12-10-8-6-4-2-1-3-5-7-9-11-13-15-17-19-21-23-29-25-30/h1-24H2. The highest BCUT2D eigenvalue weighted by Crippen LogP contribution is 2.27. The lowest BCUT2D eigenvalue weighted by atomic mass is 10.0. The normalized spacial score (nSPS) is 11.6. The second kappa shape index (κ2) is 25.1. The Bertz CT molecular complexity index is 412. The molecule has 0 aliphatic heterocycles.